The summed E-state index contributed by atoms with van der Waals surface area (Å²) >= 11 is 0. The third kappa shape index (κ3) is 9.48. The smallest absolute Gasteiger partial charge is 0.319 e. The van der Waals surface area contributed by atoms with Gasteiger partial charge in [0.15, 0.2) is 0 Å². The molecule has 44 heavy (non-hydrogen) atoms. The SMILES string of the molecule is CCc1cc(NC(=O)NC(CC)CC)ccc1Oc1ccc(NC(=O)c2ccc(OCC3CCN(C(C)C)CC3)cc2)cc1. The second kappa shape index (κ2) is 16.1. The molecule has 1 heterocycles. The molecule has 0 bridgehead atoms. The van der Waals surface area contributed by atoms with E-state index in [9.17, 15) is 9.59 Å². The fourth-order valence-corrected chi connectivity index (χ4v) is 5.37. The Labute approximate surface area is 262 Å². The maximum atomic E-state index is 12.9. The third-order valence-electron chi connectivity index (χ3n) is 8.34. The van der Waals surface area contributed by atoms with Gasteiger partial charge < -0.3 is 30.3 Å². The number of benzene rings is 3. The average molecular weight is 601 g/mol. The quantitative estimate of drug-likeness (QED) is 0.184. The first-order chi connectivity index (χ1) is 21.3. The molecule has 4 rings (SSSR count). The zero-order valence-corrected chi connectivity index (χ0v) is 26.8. The number of nitrogens with one attached hydrogen (secondary N) is 3. The number of carbonyl (C=O) groups excluding carboxylic acids is 2. The molecule has 0 aromatic heterocycles. The molecular weight excluding hydrogens is 552 g/mol. The van der Waals surface area contributed by atoms with Crippen LogP contribution < -0.4 is 25.4 Å². The molecule has 3 aromatic carbocycles. The van der Waals surface area contributed by atoms with Gasteiger partial charge in [0.2, 0.25) is 0 Å². The predicted octanol–water partition coefficient (Wildman–Crippen LogP) is 8.10. The molecule has 0 radical (unpaired) electrons. The van der Waals surface area contributed by atoms with Gasteiger partial charge in [-0.15, -0.1) is 0 Å². The molecule has 0 spiro atoms. The first-order valence-electron chi connectivity index (χ1n) is 16.0. The van der Waals surface area contributed by atoms with Crippen molar-refractivity contribution >= 4 is 23.3 Å². The van der Waals surface area contributed by atoms with E-state index in [2.05, 4.69) is 48.5 Å². The number of piperidine rings is 1. The molecule has 0 saturated carbocycles. The fourth-order valence-electron chi connectivity index (χ4n) is 5.37. The Morgan fingerprint density at radius 3 is 2.09 bits per heavy atom. The average Bonchev–Trinajstić information content (AvgIpc) is 3.04. The summed E-state index contributed by atoms with van der Waals surface area (Å²) in [5, 5.41) is 8.86. The first kappa shape index (κ1) is 32.9. The van der Waals surface area contributed by atoms with Crippen LogP contribution in [0.3, 0.4) is 0 Å². The van der Waals surface area contributed by atoms with Gasteiger partial charge in [0.25, 0.3) is 5.91 Å². The van der Waals surface area contributed by atoms with Gasteiger partial charge in [-0.05, 0) is 137 Å². The van der Waals surface area contributed by atoms with Gasteiger partial charge in [0, 0.05) is 29.0 Å². The lowest BCUT2D eigenvalue weighted by Gasteiger charge is -2.34. The van der Waals surface area contributed by atoms with Crippen molar-refractivity contribution in [2.45, 2.75) is 78.8 Å². The number of ether oxygens (including phenoxy) is 2. The molecule has 8 nitrogen and oxygen atoms in total. The number of likely N-dealkylation sites (tertiary alicyclic amines) is 1. The molecule has 1 aliphatic heterocycles. The van der Waals surface area contributed by atoms with Crippen LogP contribution in [0.2, 0.25) is 0 Å². The van der Waals surface area contributed by atoms with Crippen LogP contribution in [0.25, 0.3) is 0 Å². The van der Waals surface area contributed by atoms with Gasteiger partial charge in [-0.2, -0.15) is 0 Å². The van der Waals surface area contributed by atoms with Crippen LogP contribution in [0.4, 0.5) is 16.2 Å². The van der Waals surface area contributed by atoms with E-state index >= 15 is 0 Å². The highest BCUT2D eigenvalue weighted by molar-refractivity contribution is 6.04. The van der Waals surface area contributed by atoms with Crippen molar-refractivity contribution in [2.75, 3.05) is 30.3 Å². The lowest BCUT2D eigenvalue weighted by atomic mass is 9.97. The van der Waals surface area contributed by atoms with Crippen LogP contribution in [0.15, 0.2) is 66.7 Å². The molecule has 1 aliphatic rings. The maximum absolute atomic E-state index is 12.9. The Morgan fingerprint density at radius 2 is 1.48 bits per heavy atom. The second-order valence-corrected chi connectivity index (χ2v) is 11.8. The van der Waals surface area contributed by atoms with Crippen molar-refractivity contribution in [3.8, 4) is 17.2 Å². The summed E-state index contributed by atoms with van der Waals surface area (Å²) in [6.45, 7) is 13.6. The van der Waals surface area contributed by atoms with E-state index in [4.69, 9.17) is 9.47 Å². The van der Waals surface area contributed by atoms with E-state index in [0.717, 1.165) is 67.9 Å². The number of rotatable bonds is 13. The van der Waals surface area contributed by atoms with Gasteiger partial charge in [-0.25, -0.2) is 4.79 Å². The Morgan fingerprint density at radius 1 is 0.841 bits per heavy atom. The molecule has 3 aromatic rings. The van der Waals surface area contributed by atoms with Gasteiger partial charge in [0.1, 0.15) is 17.2 Å². The Bertz CT molecular complexity index is 1350. The van der Waals surface area contributed by atoms with Crippen molar-refractivity contribution in [3.63, 3.8) is 0 Å². The van der Waals surface area contributed by atoms with Crippen molar-refractivity contribution in [1.29, 1.82) is 0 Å². The van der Waals surface area contributed by atoms with Gasteiger partial charge in [0.05, 0.1) is 6.61 Å². The highest BCUT2D eigenvalue weighted by Crippen LogP contribution is 2.29. The summed E-state index contributed by atoms with van der Waals surface area (Å²) in [4.78, 5) is 27.7. The summed E-state index contributed by atoms with van der Waals surface area (Å²) in [5.74, 6) is 2.55. The first-order valence-corrected chi connectivity index (χ1v) is 16.0. The Kier molecular flexibility index (Phi) is 12.1. The normalized spacial score (nSPS) is 14.0. The van der Waals surface area contributed by atoms with Crippen molar-refractivity contribution in [2.24, 2.45) is 5.92 Å². The lowest BCUT2D eigenvalue weighted by Crippen LogP contribution is -2.39. The number of anilines is 2. The number of hydrogen-bond acceptors (Lipinski definition) is 5. The summed E-state index contributed by atoms with van der Waals surface area (Å²) < 4.78 is 12.2. The summed E-state index contributed by atoms with van der Waals surface area (Å²) in [6, 6.07) is 20.8. The second-order valence-electron chi connectivity index (χ2n) is 11.8. The van der Waals surface area contributed by atoms with Crippen LogP contribution in [0.1, 0.15) is 76.2 Å². The molecule has 1 saturated heterocycles. The van der Waals surface area contributed by atoms with E-state index in [1.54, 1.807) is 12.1 Å². The van der Waals surface area contributed by atoms with Crippen LogP contribution in [0.5, 0.6) is 17.2 Å². The predicted molar refractivity (Wildman–Crippen MR) is 178 cm³/mol. The third-order valence-corrected chi connectivity index (χ3v) is 8.34. The number of amides is 3. The standard InChI is InChI=1S/C36H48N4O4/c1-6-27-23-31(39-36(42)38-29(7-2)8-3)13-18-34(27)44-33-16-11-30(12-17-33)37-35(41)28-9-14-32(15-10-28)43-24-26-19-21-40(22-20-26)25(4)5/h9-18,23,25-26,29H,6-8,19-22,24H2,1-5H3,(H,37,41)(H2,38,39,42). The number of aryl methyl sites for hydroxylation is 1. The minimum absolute atomic E-state index is 0.156. The molecule has 0 aliphatic carbocycles. The van der Waals surface area contributed by atoms with Crippen LogP contribution in [-0.4, -0.2) is 48.6 Å². The fraction of sp³-hybridized carbons (Fsp3) is 0.444. The summed E-state index contributed by atoms with van der Waals surface area (Å²) in [5.41, 5.74) is 2.94. The van der Waals surface area contributed by atoms with E-state index < -0.39 is 0 Å². The van der Waals surface area contributed by atoms with Gasteiger partial charge in [-0.1, -0.05) is 20.8 Å². The zero-order valence-electron chi connectivity index (χ0n) is 26.8. The Balaban J connectivity index is 1.26. The molecule has 236 valence electrons. The van der Waals surface area contributed by atoms with Gasteiger partial charge in [-0.3, -0.25) is 4.79 Å². The van der Waals surface area contributed by atoms with Crippen molar-refractivity contribution in [3.05, 3.63) is 77.9 Å². The minimum Gasteiger partial charge on any atom is -0.493 e. The molecule has 0 unspecified atom stereocenters. The molecule has 1 fully saturated rings. The molecular formula is C36H48N4O4. The number of nitrogens with zero attached hydrogens (tertiary/aromatic N) is 1. The summed E-state index contributed by atoms with van der Waals surface area (Å²) in [7, 11) is 0. The maximum Gasteiger partial charge on any atom is 0.319 e. The minimum atomic E-state index is -0.204. The molecule has 3 N–H and O–H groups in total. The van der Waals surface area contributed by atoms with Crippen LogP contribution in [-0.2, 0) is 6.42 Å². The van der Waals surface area contributed by atoms with E-state index in [1.807, 2.05) is 61.5 Å². The zero-order chi connectivity index (χ0) is 31.5. The van der Waals surface area contributed by atoms with Crippen molar-refractivity contribution < 1.29 is 19.1 Å². The highest BCUT2D eigenvalue weighted by Gasteiger charge is 2.21. The topological polar surface area (TPSA) is 91.9 Å². The van der Waals surface area contributed by atoms with Gasteiger partial charge >= 0.3 is 6.03 Å². The van der Waals surface area contributed by atoms with E-state index in [-0.39, 0.29) is 18.0 Å². The number of urea groups is 1. The molecule has 3 amide bonds. The number of hydrogen-bond donors (Lipinski definition) is 3. The highest BCUT2D eigenvalue weighted by atomic mass is 16.5. The largest absolute Gasteiger partial charge is 0.493 e. The van der Waals surface area contributed by atoms with Crippen LogP contribution >= 0.6 is 0 Å². The van der Waals surface area contributed by atoms with Crippen LogP contribution in [0, 0.1) is 5.92 Å². The van der Waals surface area contributed by atoms with E-state index in [1.165, 1.54) is 0 Å². The Hall–Kier alpha value is -4.04. The van der Waals surface area contributed by atoms with Crippen molar-refractivity contribution in [1.82, 2.24) is 10.2 Å². The molecule has 8 heteroatoms. The monoisotopic (exact) mass is 600 g/mol. The number of carbonyl (C=O) groups is 2. The lowest BCUT2D eigenvalue weighted by molar-refractivity contribution is 0.102. The summed E-state index contributed by atoms with van der Waals surface area (Å²) in [6.07, 6.45) is 4.84. The molecule has 0 atom stereocenters. The van der Waals surface area contributed by atoms with E-state index in [0.29, 0.717) is 35.6 Å².